The highest BCUT2D eigenvalue weighted by Gasteiger charge is 2.21. The van der Waals surface area contributed by atoms with Gasteiger partial charge >= 0.3 is 0 Å². The van der Waals surface area contributed by atoms with E-state index in [4.69, 9.17) is 19.1 Å². The van der Waals surface area contributed by atoms with Crippen molar-refractivity contribution in [2.45, 2.75) is 0 Å². The first kappa shape index (κ1) is 33.4. The molecule has 3 aromatic heterocycles. The van der Waals surface area contributed by atoms with Crippen LogP contribution in [0.15, 0.2) is 193 Å². The van der Waals surface area contributed by atoms with Crippen molar-refractivity contribution in [2.75, 3.05) is 0 Å². The van der Waals surface area contributed by atoms with Crippen LogP contribution in [0, 0.1) is 0 Å². The molecule has 272 valence electrons. The van der Waals surface area contributed by atoms with Gasteiger partial charge in [-0.2, -0.15) is 0 Å². The number of rotatable bonds is 4. The Morgan fingerprint density at radius 3 is 1.91 bits per heavy atom. The molecule has 0 aliphatic carbocycles. The topological polar surface area (TPSA) is 61.0 Å². The highest BCUT2D eigenvalue weighted by molar-refractivity contribution is 6.07. The number of hydrogen-bond donors (Lipinski definition) is 0. The number of furan rings is 1. The lowest BCUT2D eigenvalue weighted by atomic mass is 9.93. The number of nitrogens with zero attached hydrogens (tertiary/aromatic N) is 3. The molecule has 1 aliphatic rings. The molecule has 0 bridgehead atoms. The zero-order chi connectivity index (χ0) is 38.4. The molecule has 5 nitrogen and oxygen atoms in total. The van der Waals surface area contributed by atoms with Gasteiger partial charge in [0.25, 0.3) is 0 Å². The Labute approximate surface area is 335 Å². The van der Waals surface area contributed by atoms with E-state index in [-0.39, 0.29) is 0 Å². The molecule has 7 aromatic carbocycles. The molecule has 0 amide bonds. The Kier molecular flexibility index (Phi) is 8.07. The van der Waals surface area contributed by atoms with Gasteiger partial charge in [0.05, 0.1) is 11.4 Å². The van der Waals surface area contributed by atoms with Crippen molar-refractivity contribution < 1.29 is 9.15 Å². The van der Waals surface area contributed by atoms with Crippen molar-refractivity contribution in [2.24, 2.45) is 0 Å². The number of fused-ring (bicyclic) bond motifs is 9. The molecule has 1 aliphatic heterocycles. The molecule has 58 heavy (non-hydrogen) atoms. The molecule has 0 unspecified atom stereocenters. The lowest BCUT2D eigenvalue weighted by molar-refractivity contribution is 0.487. The van der Waals surface area contributed by atoms with E-state index in [0.717, 1.165) is 106 Å². The van der Waals surface area contributed by atoms with Gasteiger partial charge in [-0.3, -0.25) is 4.98 Å². The maximum Gasteiger partial charge on any atom is 0.160 e. The zero-order valence-electron chi connectivity index (χ0n) is 31.2. The molecule has 0 saturated heterocycles. The minimum absolute atomic E-state index is 0.645. The molecule has 5 heteroatoms. The molecule has 0 fully saturated rings. The zero-order valence-corrected chi connectivity index (χ0v) is 31.2. The van der Waals surface area contributed by atoms with Crippen molar-refractivity contribution in [1.82, 2.24) is 15.0 Å². The van der Waals surface area contributed by atoms with Crippen LogP contribution >= 0.6 is 0 Å². The summed E-state index contributed by atoms with van der Waals surface area (Å²) in [7, 11) is 0. The fraction of sp³-hybridized carbons (Fsp3) is 0. The number of hydrogen-bond acceptors (Lipinski definition) is 5. The smallest absolute Gasteiger partial charge is 0.160 e. The van der Waals surface area contributed by atoms with Gasteiger partial charge in [-0.1, -0.05) is 146 Å². The van der Waals surface area contributed by atoms with E-state index in [1.165, 1.54) is 0 Å². The molecule has 0 spiro atoms. The predicted molar refractivity (Wildman–Crippen MR) is 235 cm³/mol. The maximum absolute atomic E-state index is 7.06. The van der Waals surface area contributed by atoms with Gasteiger partial charge in [0.15, 0.2) is 5.82 Å². The summed E-state index contributed by atoms with van der Waals surface area (Å²) in [5, 5.41) is 2.04. The van der Waals surface area contributed by atoms with Crippen LogP contribution in [0.2, 0.25) is 0 Å². The van der Waals surface area contributed by atoms with Crippen molar-refractivity contribution in [3.05, 3.63) is 199 Å². The van der Waals surface area contributed by atoms with Crippen LogP contribution in [0.25, 0.3) is 101 Å². The second-order valence-corrected chi connectivity index (χ2v) is 14.4. The third kappa shape index (κ3) is 6.03. The van der Waals surface area contributed by atoms with Crippen LogP contribution in [0.1, 0.15) is 11.1 Å². The van der Waals surface area contributed by atoms with Crippen molar-refractivity contribution in [1.29, 1.82) is 0 Å². The molecule has 0 saturated carbocycles. The normalized spacial score (nSPS) is 12.4. The standard InChI is InChI=1S/C53H33N3O2/c1-2-12-37(13-3-1)47-32-48(56-53(55-47)38-25-20-34(21-26-38)40-14-10-28-54-33-40)39-27-24-36-23-22-35-11-4-5-15-41(35)42-16-6-8-18-49(42)57-52-30-45-43-17-7-9-19-50(43)58-51(45)31-46(52)44(36)29-39/h1-33H/b23-22-. The van der Waals surface area contributed by atoms with Gasteiger partial charge in [-0.15, -0.1) is 0 Å². The van der Waals surface area contributed by atoms with Gasteiger partial charge in [-0.05, 0) is 75.8 Å². The van der Waals surface area contributed by atoms with Crippen LogP contribution < -0.4 is 4.74 Å². The Bertz CT molecular complexity index is 3190. The maximum atomic E-state index is 7.06. The van der Waals surface area contributed by atoms with E-state index in [1.54, 1.807) is 6.20 Å². The Morgan fingerprint density at radius 1 is 0.379 bits per heavy atom. The van der Waals surface area contributed by atoms with Gasteiger partial charge in [0.2, 0.25) is 0 Å². The quantitative estimate of drug-likeness (QED) is 0.180. The molecule has 0 N–H and O–H groups in total. The number of para-hydroxylation sites is 2. The summed E-state index contributed by atoms with van der Waals surface area (Å²) in [6, 6.07) is 60.4. The van der Waals surface area contributed by atoms with E-state index >= 15 is 0 Å². The molecular weight excluding hydrogens is 711 g/mol. The minimum Gasteiger partial charge on any atom is -0.456 e. The van der Waals surface area contributed by atoms with E-state index < -0.39 is 0 Å². The van der Waals surface area contributed by atoms with Gasteiger partial charge < -0.3 is 9.15 Å². The first-order chi connectivity index (χ1) is 28.7. The Hall–Kier alpha value is -7.89. The fourth-order valence-electron chi connectivity index (χ4n) is 7.93. The van der Waals surface area contributed by atoms with Crippen molar-refractivity contribution in [3.63, 3.8) is 0 Å². The molecule has 11 rings (SSSR count). The van der Waals surface area contributed by atoms with Gasteiger partial charge in [-0.25, -0.2) is 9.97 Å². The number of benzene rings is 7. The average molecular weight is 744 g/mol. The van der Waals surface area contributed by atoms with E-state index in [0.29, 0.717) is 5.82 Å². The predicted octanol–water partition coefficient (Wildman–Crippen LogP) is 14.0. The van der Waals surface area contributed by atoms with Crippen LogP contribution in [-0.4, -0.2) is 15.0 Å². The average Bonchev–Trinajstić information content (AvgIpc) is 3.65. The Balaban J connectivity index is 1.13. The second-order valence-electron chi connectivity index (χ2n) is 14.4. The van der Waals surface area contributed by atoms with E-state index in [9.17, 15) is 0 Å². The molecular formula is C53H33N3O2. The number of aromatic nitrogens is 3. The van der Waals surface area contributed by atoms with E-state index in [1.807, 2.05) is 60.8 Å². The van der Waals surface area contributed by atoms with Crippen LogP contribution in [0.4, 0.5) is 0 Å². The third-order valence-corrected chi connectivity index (χ3v) is 10.9. The highest BCUT2D eigenvalue weighted by atomic mass is 16.5. The van der Waals surface area contributed by atoms with Crippen molar-refractivity contribution in [3.8, 4) is 78.8 Å². The van der Waals surface area contributed by atoms with E-state index in [2.05, 4.69) is 138 Å². The number of ether oxygens (including phenoxy) is 1. The first-order valence-corrected chi connectivity index (χ1v) is 19.3. The summed E-state index contributed by atoms with van der Waals surface area (Å²) >= 11 is 0. The SMILES string of the molecule is C1=C\c2ccc(-c3cc(-c4ccccc4)nc(-c4ccc(-c5cccnc5)cc4)n3)cc2-c2cc3oc4ccccc4c3cc2Oc2ccccc2-c2ccccc2/1. The highest BCUT2D eigenvalue weighted by Crippen LogP contribution is 2.46. The summed E-state index contributed by atoms with van der Waals surface area (Å²) < 4.78 is 13.5. The summed E-state index contributed by atoms with van der Waals surface area (Å²) in [6.07, 6.45) is 8.06. The monoisotopic (exact) mass is 743 g/mol. The minimum atomic E-state index is 0.645. The first-order valence-electron chi connectivity index (χ1n) is 19.3. The summed E-state index contributed by atoms with van der Waals surface area (Å²) in [5.41, 5.74) is 14.5. The lowest BCUT2D eigenvalue weighted by Crippen LogP contribution is -1.97. The Morgan fingerprint density at radius 2 is 1.07 bits per heavy atom. The van der Waals surface area contributed by atoms with Crippen LogP contribution in [0.5, 0.6) is 11.5 Å². The summed E-state index contributed by atoms with van der Waals surface area (Å²) in [6.45, 7) is 0. The van der Waals surface area contributed by atoms with Gasteiger partial charge in [0, 0.05) is 51.0 Å². The molecule has 0 atom stereocenters. The summed E-state index contributed by atoms with van der Waals surface area (Å²) in [5.74, 6) is 2.16. The fourth-order valence-corrected chi connectivity index (χ4v) is 7.93. The molecule has 0 radical (unpaired) electrons. The lowest BCUT2D eigenvalue weighted by Gasteiger charge is -2.17. The largest absolute Gasteiger partial charge is 0.456 e. The molecule has 4 heterocycles. The van der Waals surface area contributed by atoms with Crippen LogP contribution in [0.3, 0.4) is 0 Å². The number of pyridine rings is 1. The second kappa shape index (κ2) is 14.0. The van der Waals surface area contributed by atoms with Crippen LogP contribution in [-0.2, 0) is 0 Å². The molecule has 10 aromatic rings. The summed E-state index contributed by atoms with van der Waals surface area (Å²) in [4.78, 5) is 14.7. The third-order valence-electron chi connectivity index (χ3n) is 10.9. The van der Waals surface area contributed by atoms with Gasteiger partial charge in [0.1, 0.15) is 22.7 Å². The van der Waals surface area contributed by atoms with Crippen molar-refractivity contribution >= 4 is 34.1 Å².